The number of benzene rings is 2. The molecule has 3 N–H and O–H groups in total. The van der Waals surface area contributed by atoms with Crippen molar-refractivity contribution in [2.45, 2.75) is 32.6 Å². The van der Waals surface area contributed by atoms with Crippen LogP contribution in [0, 0.1) is 17.8 Å². The predicted octanol–water partition coefficient (Wildman–Crippen LogP) is 5.82. The molecule has 2 aliphatic rings. The maximum atomic E-state index is 9.88. The number of aromatic hydroxyl groups is 1. The maximum absolute atomic E-state index is 9.88. The molecule has 168 valence electrons. The SMILES string of the molecule is CC1C=C(/C(=C(/CCCO)c2ccccc2)c2ccc(O)cc2)C=CC1C1CCNCC1. The highest BCUT2D eigenvalue weighted by atomic mass is 16.3. The number of hydrogen-bond donors (Lipinski definition) is 3. The van der Waals surface area contributed by atoms with Crippen molar-refractivity contribution in [1.29, 1.82) is 0 Å². The molecule has 2 atom stereocenters. The van der Waals surface area contributed by atoms with Gasteiger partial charge in [-0.2, -0.15) is 0 Å². The van der Waals surface area contributed by atoms with Crippen LogP contribution in [0.1, 0.15) is 43.7 Å². The summed E-state index contributed by atoms with van der Waals surface area (Å²) < 4.78 is 0. The summed E-state index contributed by atoms with van der Waals surface area (Å²) in [7, 11) is 0. The smallest absolute Gasteiger partial charge is 0.115 e. The molecule has 2 unspecified atom stereocenters. The van der Waals surface area contributed by atoms with Crippen LogP contribution in [0.25, 0.3) is 11.1 Å². The highest BCUT2D eigenvalue weighted by Gasteiger charge is 2.28. The van der Waals surface area contributed by atoms with E-state index in [0.29, 0.717) is 11.8 Å². The molecule has 4 rings (SSSR count). The third-order valence-electron chi connectivity index (χ3n) is 6.93. The number of aliphatic hydroxyl groups is 1. The molecule has 32 heavy (non-hydrogen) atoms. The molecule has 3 nitrogen and oxygen atoms in total. The van der Waals surface area contributed by atoms with Crippen molar-refractivity contribution in [3.8, 4) is 5.75 Å². The van der Waals surface area contributed by atoms with E-state index in [1.165, 1.54) is 35.1 Å². The van der Waals surface area contributed by atoms with Gasteiger partial charge in [-0.05, 0) is 96.5 Å². The second kappa shape index (κ2) is 10.8. The van der Waals surface area contributed by atoms with Crippen molar-refractivity contribution < 1.29 is 10.2 Å². The lowest BCUT2D eigenvalue weighted by Gasteiger charge is -2.34. The Bertz CT molecular complexity index is 966. The van der Waals surface area contributed by atoms with Gasteiger partial charge in [0.2, 0.25) is 0 Å². The van der Waals surface area contributed by atoms with Crippen molar-refractivity contribution in [3.63, 3.8) is 0 Å². The van der Waals surface area contributed by atoms with Crippen molar-refractivity contribution >= 4 is 11.1 Å². The first-order valence-corrected chi connectivity index (χ1v) is 12.0. The maximum Gasteiger partial charge on any atom is 0.115 e. The zero-order chi connectivity index (χ0) is 22.3. The van der Waals surface area contributed by atoms with Crippen molar-refractivity contribution in [1.82, 2.24) is 5.32 Å². The normalized spacial score (nSPS) is 22.4. The minimum absolute atomic E-state index is 0.169. The molecular formula is C29H35NO2. The molecule has 3 heteroatoms. The summed E-state index contributed by atoms with van der Waals surface area (Å²) in [5, 5.41) is 23.0. The number of piperidine rings is 1. The summed E-state index contributed by atoms with van der Waals surface area (Å²) in [5.74, 6) is 2.07. The molecule has 0 amide bonds. The zero-order valence-corrected chi connectivity index (χ0v) is 19.0. The largest absolute Gasteiger partial charge is 0.508 e. The summed E-state index contributed by atoms with van der Waals surface area (Å²) >= 11 is 0. The van der Waals surface area contributed by atoms with Gasteiger partial charge in [0.05, 0.1) is 0 Å². The lowest BCUT2D eigenvalue weighted by Crippen LogP contribution is -2.33. The van der Waals surface area contributed by atoms with E-state index in [1.807, 2.05) is 18.2 Å². The fourth-order valence-corrected chi connectivity index (χ4v) is 5.27. The summed E-state index contributed by atoms with van der Waals surface area (Å²) in [4.78, 5) is 0. The Morgan fingerprint density at radius 3 is 2.34 bits per heavy atom. The molecule has 0 spiro atoms. The fourth-order valence-electron chi connectivity index (χ4n) is 5.27. The first kappa shape index (κ1) is 22.6. The molecule has 0 aromatic heterocycles. The van der Waals surface area contributed by atoms with Gasteiger partial charge < -0.3 is 15.5 Å². The van der Waals surface area contributed by atoms with Crippen molar-refractivity contribution in [2.24, 2.45) is 17.8 Å². The van der Waals surface area contributed by atoms with Crippen LogP contribution < -0.4 is 5.32 Å². The Morgan fingerprint density at radius 1 is 0.969 bits per heavy atom. The average Bonchev–Trinajstić information content (AvgIpc) is 2.84. The van der Waals surface area contributed by atoms with Crippen LogP contribution in [0.4, 0.5) is 0 Å². The summed E-state index contributed by atoms with van der Waals surface area (Å²) in [6.45, 7) is 4.76. The number of rotatable bonds is 7. The molecule has 1 saturated heterocycles. The standard InChI is InChI=1S/C29H35NO2/c1-21-20-25(11-14-27(21)23-15-17-30-18-16-23)29(24-9-12-26(32)13-10-24)28(8-5-19-31)22-6-3-2-4-7-22/h2-4,6-7,9-14,20-21,23,27,30-32H,5,8,15-19H2,1H3/b29-28-. The summed E-state index contributed by atoms with van der Waals surface area (Å²) in [6.07, 6.45) is 11.2. The van der Waals surface area contributed by atoms with Gasteiger partial charge >= 0.3 is 0 Å². The molecule has 2 aromatic carbocycles. The van der Waals surface area contributed by atoms with E-state index in [-0.39, 0.29) is 12.4 Å². The number of aliphatic hydroxyl groups excluding tert-OH is 1. The van der Waals surface area contributed by atoms with E-state index in [4.69, 9.17) is 0 Å². The van der Waals surface area contributed by atoms with Gasteiger partial charge in [-0.1, -0.05) is 67.6 Å². The van der Waals surface area contributed by atoms with Gasteiger partial charge in [-0.25, -0.2) is 0 Å². The first-order valence-electron chi connectivity index (χ1n) is 12.0. The zero-order valence-electron chi connectivity index (χ0n) is 19.0. The number of phenolic OH excluding ortho intramolecular Hbond substituents is 1. The van der Waals surface area contributed by atoms with E-state index in [2.05, 4.69) is 54.7 Å². The molecule has 1 aliphatic carbocycles. The summed E-state index contributed by atoms with van der Waals surface area (Å²) in [5.41, 5.74) is 5.98. The Hall–Kier alpha value is -2.62. The molecule has 1 fully saturated rings. The number of nitrogens with one attached hydrogen (secondary N) is 1. The lowest BCUT2D eigenvalue weighted by atomic mass is 9.73. The molecule has 2 aromatic rings. The Balaban J connectivity index is 1.78. The van der Waals surface area contributed by atoms with Crippen molar-refractivity contribution in [3.05, 3.63) is 89.5 Å². The van der Waals surface area contributed by atoms with Crippen LogP contribution in [-0.4, -0.2) is 29.9 Å². The highest BCUT2D eigenvalue weighted by Crippen LogP contribution is 2.41. The summed E-state index contributed by atoms with van der Waals surface area (Å²) in [6, 6.07) is 18.0. The molecule has 1 aliphatic heterocycles. The number of allylic oxidation sites excluding steroid dienone is 6. The van der Waals surface area contributed by atoms with Gasteiger partial charge in [0.15, 0.2) is 0 Å². The van der Waals surface area contributed by atoms with Gasteiger partial charge in [0.1, 0.15) is 5.75 Å². The third-order valence-corrected chi connectivity index (χ3v) is 6.93. The monoisotopic (exact) mass is 429 g/mol. The second-order valence-electron chi connectivity index (χ2n) is 9.10. The molecule has 0 radical (unpaired) electrons. The Labute approximate surface area is 192 Å². The topological polar surface area (TPSA) is 52.5 Å². The third kappa shape index (κ3) is 5.23. The quantitative estimate of drug-likeness (QED) is 0.486. The van der Waals surface area contributed by atoms with Crippen LogP contribution >= 0.6 is 0 Å². The van der Waals surface area contributed by atoms with Crippen LogP contribution in [-0.2, 0) is 0 Å². The molecule has 1 heterocycles. The molecular weight excluding hydrogens is 394 g/mol. The van der Waals surface area contributed by atoms with Crippen LogP contribution in [0.2, 0.25) is 0 Å². The predicted molar refractivity (Wildman–Crippen MR) is 133 cm³/mol. The molecule has 0 saturated carbocycles. The fraction of sp³-hybridized carbons (Fsp3) is 0.379. The van der Waals surface area contributed by atoms with Crippen LogP contribution in [0.3, 0.4) is 0 Å². The average molecular weight is 430 g/mol. The first-order chi connectivity index (χ1) is 15.7. The van der Waals surface area contributed by atoms with Gasteiger partial charge in [0.25, 0.3) is 0 Å². The van der Waals surface area contributed by atoms with E-state index in [1.54, 1.807) is 12.1 Å². The number of hydrogen-bond acceptors (Lipinski definition) is 3. The molecule has 0 bridgehead atoms. The number of phenols is 1. The van der Waals surface area contributed by atoms with E-state index >= 15 is 0 Å². The lowest BCUT2D eigenvalue weighted by molar-refractivity contribution is 0.260. The minimum Gasteiger partial charge on any atom is -0.508 e. The van der Waals surface area contributed by atoms with Gasteiger partial charge in [-0.15, -0.1) is 0 Å². The van der Waals surface area contributed by atoms with E-state index < -0.39 is 0 Å². The van der Waals surface area contributed by atoms with E-state index in [9.17, 15) is 10.2 Å². The van der Waals surface area contributed by atoms with Gasteiger partial charge in [-0.3, -0.25) is 0 Å². The van der Waals surface area contributed by atoms with Crippen LogP contribution in [0.15, 0.2) is 78.4 Å². The van der Waals surface area contributed by atoms with Crippen LogP contribution in [0.5, 0.6) is 5.75 Å². The Kier molecular flexibility index (Phi) is 7.62. The highest BCUT2D eigenvalue weighted by molar-refractivity contribution is 5.99. The van der Waals surface area contributed by atoms with Crippen molar-refractivity contribution in [2.75, 3.05) is 19.7 Å². The minimum atomic E-state index is 0.169. The van der Waals surface area contributed by atoms with E-state index in [0.717, 1.165) is 37.4 Å². The Morgan fingerprint density at radius 2 is 1.69 bits per heavy atom. The second-order valence-corrected chi connectivity index (χ2v) is 9.10. The van der Waals surface area contributed by atoms with Gasteiger partial charge in [0, 0.05) is 6.61 Å².